The van der Waals surface area contributed by atoms with E-state index in [2.05, 4.69) is 27.2 Å². The number of carbonyl (C=O) groups is 2. The maximum absolute atomic E-state index is 13.2. The van der Waals surface area contributed by atoms with Crippen molar-refractivity contribution in [2.45, 2.75) is 50.9 Å². The molecule has 1 aromatic carbocycles. The lowest BCUT2D eigenvalue weighted by Gasteiger charge is -2.22. The van der Waals surface area contributed by atoms with Crippen LogP contribution in [0.1, 0.15) is 48.3 Å². The number of alkyl halides is 3. The highest BCUT2D eigenvalue weighted by molar-refractivity contribution is 6.00. The number of aromatic nitrogens is 3. The lowest BCUT2D eigenvalue weighted by Crippen LogP contribution is -2.48. The molecule has 0 bridgehead atoms. The summed E-state index contributed by atoms with van der Waals surface area (Å²) in [5, 5.41) is 16.6. The van der Waals surface area contributed by atoms with Crippen molar-refractivity contribution < 1.29 is 27.9 Å². The number of nitrogens with one attached hydrogen (secondary N) is 1. The molecular formula is C27H26F3N5O3. The number of hydrogen-bond donors (Lipinski definition) is 2. The molecule has 3 aromatic rings. The van der Waals surface area contributed by atoms with Gasteiger partial charge in [-0.2, -0.15) is 23.0 Å². The molecule has 0 aliphatic carbocycles. The Balaban J connectivity index is 1.45. The molecular weight excluding hydrogens is 499 g/mol. The van der Waals surface area contributed by atoms with Crippen molar-refractivity contribution in [1.29, 1.82) is 0 Å². The molecule has 2 aromatic heterocycles. The largest absolute Gasteiger partial charge is 0.433 e. The van der Waals surface area contributed by atoms with Crippen LogP contribution in [0.4, 0.5) is 23.7 Å². The van der Waals surface area contributed by atoms with Gasteiger partial charge in [-0.05, 0) is 62.1 Å². The maximum atomic E-state index is 13.2. The van der Waals surface area contributed by atoms with E-state index in [4.69, 9.17) is 0 Å². The Morgan fingerprint density at radius 1 is 1.24 bits per heavy atom. The summed E-state index contributed by atoms with van der Waals surface area (Å²) in [5.41, 5.74) is 0.763. The molecule has 38 heavy (non-hydrogen) atoms. The van der Waals surface area contributed by atoms with Crippen LogP contribution in [-0.4, -0.2) is 50.5 Å². The van der Waals surface area contributed by atoms with Gasteiger partial charge < -0.3 is 15.3 Å². The number of anilines is 1. The quantitative estimate of drug-likeness (QED) is 0.510. The fourth-order valence-corrected chi connectivity index (χ4v) is 4.02. The van der Waals surface area contributed by atoms with Crippen LogP contribution in [0.25, 0.3) is 0 Å². The van der Waals surface area contributed by atoms with Gasteiger partial charge in [0.2, 0.25) is 5.91 Å². The van der Waals surface area contributed by atoms with Crippen LogP contribution in [0.5, 0.6) is 0 Å². The summed E-state index contributed by atoms with van der Waals surface area (Å²) in [6, 6.07) is 7.65. The van der Waals surface area contributed by atoms with Crippen LogP contribution in [0.2, 0.25) is 0 Å². The number of rotatable bonds is 3. The van der Waals surface area contributed by atoms with Crippen LogP contribution in [0.3, 0.4) is 0 Å². The zero-order valence-corrected chi connectivity index (χ0v) is 21.0. The Morgan fingerprint density at radius 3 is 2.71 bits per heavy atom. The summed E-state index contributed by atoms with van der Waals surface area (Å²) in [5.74, 6) is 5.34. The smallest absolute Gasteiger partial charge is 0.378 e. The lowest BCUT2D eigenvalue weighted by atomic mass is 10.0. The van der Waals surface area contributed by atoms with Crippen molar-refractivity contribution in [3.8, 4) is 11.8 Å². The van der Waals surface area contributed by atoms with Gasteiger partial charge in [-0.1, -0.05) is 24.0 Å². The molecule has 2 N–H and O–H groups in total. The second kappa shape index (κ2) is 10.3. The molecule has 0 saturated heterocycles. The van der Waals surface area contributed by atoms with Gasteiger partial charge in [0.1, 0.15) is 17.3 Å². The third-order valence-corrected chi connectivity index (χ3v) is 5.91. The van der Waals surface area contributed by atoms with Gasteiger partial charge in [0.15, 0.2) is 0 Å². The number of halogens is 3. The Morgan fingerprint density at radius 2 is 2.00 bits per heavy atom. The minimum absolute atomic E-state index is 0.0519. The predicted octanol–water partition coefficient (Wildman–Crippen LogP) is 3.55. The van der Waals surface area contributed by atoms with Gasteiger partial charge in [0.05, 0.1) is 6.20 Å². The van der Waals surface area contributed by atoms with Gasteiger partial charge in [-0.25, -0.2) is 9.78 Å². The molecule has 1 atom stereocenters. The number of nitrogens with zero attached hydrogens (tertiary/aromatic N) is 4. The summed E-state index contributed by atoms with van der Waals surface area (Å²) in [4.78, 5) is 31.1. The highest BCUT2D eigenvalue weighted by atomic mass is 19.4. The number of hydrogen-bond acceptors (Lipinski definition) is 5. The standard InChI is InChI=1S/C27H26F3N5O3/c1-26(2,38)12-11-17-7-8-19-9-10-21(24(36)34(3)22(19)14-17)33-25(37)35-16-18(15-31-35)13-20-5-4-6-23(32-20)27(28,29)30/h4-8,14-16,21,38H,9-10,13H2,1-3H3,(H,33,37)/t21-/m0/s1. The predicted molar refractivity (Wildman–Crippen MR) is 133 cm³/mol. The topological polar surface area (TPSA) is 100 Å². The molecule has 0 radical (unpaired) electrons. The first-order valence-corrected chi connectivity index (χ1v) is 11.8. The second-order valence-electron chi connectivity index (χ2n) is 9.57. The lowest BCUT2D eigenvalue weighted by molar-refractivity contribution is -0.141. The number of amides is 2. The third kappa shape index (κ3) is 6.39. The van der Waals surface area contributed by atoms with E-state index < -0.39 is 29.5 Å². The van der Waals surface area contributed by atoms with Crippen LogP contribution < -0.4 is 10.2 Å². The Kier molecular flexibility index (Phi) is 7.29. The van der Waals surface area contributed by atoms with E-state index in [0.29, 0.717) is 29.7 Å². The number of fused-ring (bicyclic) bond motifs is 1. The molecule has 0 spiro atoms. The monoisotopic (exact) mass is 525 g/mol. The first-order valence-electron chi connectivity index (χ1n) is 11.8. The molecule has 4 rings (SSSR count). The molecule has 2 amide bonds. The van der Waals surface area contributed by atoms with Crippen LogP contribution in [0.15, 0.2) is 48.8 Å². The maximum Gasteiger partial charge on any atom is 0.433 e. The first-order chi connectivity index (χ1) is 17.8. The number of aryl methyl sites for hydroxylation is 1. The summed E-state index contributed by atoms with van der Waals surface area (Å²) >= 11 is 0. The van der Waals surface area contributed by atoms with E-state index in [1.165, 1.54) is 29.4 Å². The van der Waals surface area contributed by atoms with Gasteiger partial charge >= 0.3 is 12.2 Å². The molecule has 3 heterocycles. The summed E-state index contributed by atoms with van der Waals surface area (Å²) < 4.78 is 39.8. The SMILES string of the molecule is CN1C(=O)[C@@H](NC(=O)n2cc(Cc3cccc(C(F)(F)F)n3)cn2)CCc2ccc(C#CC(C)(C)O)cc21. The highest BCUT2D eigenvalue weighted by Gasteiger charge is 2.32. The third-order valence-electron chi connectivity index (χ3n) is 5.91. The number of pyridine rings is 1. The van der Waals surface area contributed by atoms with Crippen molar-refractivity contribution >= 4 is 17.6 Å². The second-order valence-corrected chi connectivity index (χ2v) is 9.57. The molecule has 0 saturated carbocycles. The first kappa shape index (κ1) is 26.9. The zero-order valence-electron chi connectivity index (χ0n) is 21.0. The minimum atomic E-state index is -4.55. The number of benzene rings is 1. The summed E-state index contributed by atoms with van der Waals surface area (Å²) in [7, 11) is 1.62. The van der Waals surface area contributed by atoms with Crippen molar-refractivity contribution in [3.05, 3.63) is 76.9 Å². The Labute approximate surface area is 217 Å². The highest BCUT2D eigenvalue weighted by Crippen LogP contribution is 2.28. The molecule has 1 aliphatic heterocycles. The van der Waals surface area contributed by atoms with Gasteiger partial charge in [0.25, 0.3) is 0 Å². The van der Waals surface area contributed by atoms with Gasteiger partial charge in [0, 0.05) is 36.6 Å². The fourth-order valence-electron chi connectivity index (χ4n) is 4.02. The van der Waals surface area contributed by atoms with E-state index in [1.54, 1.807) is 27.0 Å². The molecule has 0 unspecified atom stereocenters. The molecule has 1 aliphatic rings. The average molecular weight is 526 g/mol. The summed E-state index contributed by atoms with van der Waals surface area (Å²) in [6.07, 6.45) is -0.848. The van der Waals surface area contributed by atoms with E-state index >= 15 is 0 Å². The fraction of sp³-hybridized carbons (Fsp3) is 0.333. The summed E-state index contributed by atoms with van der Waals surface area (Å²) in [6.45, 7) is 3.16. The van der Waals surface area contributed by atoms with E-state index in [-0.39, 0.29) is 18.0 Å². The van der Waals surface area contributed by atoms with E-state index in [9.17, 15) is 27.9 Å². The Bertz CT molecular complexity index is 1430. The normalized spacial score (nSPS) is 15.8. The van der Waals surface area contributed by atoms with Crippen molar-refractivity contribution in [1.82, 2.24) is 20.1 Å². The molecule has 8 nitrogen and oxygen atoms in total. The van der Waals surface area contributed by atoms with Crippen molar-refractivity contribution in [2.24, 2.45) is 0 Å². The van der Waals surface area contributed by atoms with Crippen LogP contribution in [-0.2, 0) is 23.8 Å². The van der Waals surface area contributed by atoms with Crippen LogP contribution >= 0.6 is 0 Å². The molecule has 11 heteroatoms. The average Bonchev–Trinajstić information content (AvgIpc) is 3.28. The molecule has 198 valence electrons. The van der Waals surface area contributed by atoms with Gasteiger partial charge in [-0.15, -0.1) is 0 Å². The van der Waals surface area contributed by atoms with E-state index in [0.717, 1.165) is 16.3 Å². The Hall–Kier alpha value is -4.17. The zero-order chi connectivity index (χ0) is 27.7. The number of aliphatic hydroxyl groups is 1. The minimum Gasteiger partial charge on any atom is -0.378 e. The van der Waals surface area contributed by atoms with Gasteiger partial charge in [-0.3, -0.25) is 4.79 Å². The number of likely N-dealkylation sites (N-methyl/N-ethyl adjacent to an activating group) is 1. The molecule has 0 fully saturated rings. The number of carbonyl (C=O) groups excluding carboxylic acids is 2. The van der Waals surface area contributed by atoms with Crippen molar-refractivity contribution in [3.63, 3.8) is 0 Å². The van der Waals surface area contributed by atoms with E-state index in [1.807, 2.05) is 12.1 Å². The van der Waals surface area contributed by atoms with Crippen LogP contribution in [0, 0.1) is 11.8 Å². The van der Waals surface area contributed by atoms with Crippen molar-refractivity contribution in [2.75, 3.05) is 11.9 Å².